The summed E-state index contributed by atoms with van der Waals surface area (Å²) in [5.74, 6) is 1.21. The molecule has 0 bridgehead atoms. The summed E-state index contributed by atoms with van der Waals surface area (Å²) in [5.41, 5.74) is 4.47. The summed E-state index contributed by atoms with van der Waals surface area (Å²) in [6, 6.07) is 16.1. The van der Waals surface area contributed by atoms with E-state index in [1.807, 2.05) is 51.1 Å². The van der Waals surface area contributed by atoms with Crippen molar-refractivity contribution in [1.29, 1.82) is 0 Å². The summed E-state index contributed by atoms with van der Waals surface area (Å²) in [5, 5.41) is 1.77. The van der Waals surface area contributed by atoms with Crippen LogP contribution in [-0.4, -0.2) is 16.3 Å². The number of hydrogen-bond acceptors (Lipinski definition) is 5. The molecule has 0 amide bonds. The van der Waals surface area contributed by atoms with Gasteiger partial charge in [-0.1, -0.05) is 56.3 Å². The molecular formula is C22H20N2O2S. The minimum absolute atomic E-state index is 0.469. The van der Waals surface area contributed by atoms with Gasteiger partial charge in [0.25, 0.3) is 0 Å². The maximum Gasteiger partial charge on any atom is 0.240 e. The van der Waals surface area contributed by atoms with E-state index in [-0.39, 0.29) is 0 Å². The van der Waals surface area contributed by atoms with E-state index in [1.165, 1.54) is 17.7 Å². The molecule has 0 spiro atoms. The Hall–Kier alpha value is -3.05. The molecule has 27 heavy (non-hydrogen) atoms. The smallest absolute Gasteiger partial charge is 0.240 e. The molecule has 0 aliphatic carbocycles. The summed E-state index contributed by atoms with van der Waals surface area (Å²) in [4.78, 5) is 19.6. The summed E-state index contributed by atoms with van der Waals surface area (Å²) in [6.07, 6.45) is 2.23. The quantitative estimate of drug-likeness (QED) is 0.392. The van der Waals surface area contributed by atoms with Crippen LogP contribution in [0.3, 0.4) is 0 Å². The summed E-state index contributed by atoms with van der Waals surface area (Å²) in [7, 11) is 0. The minimum Gasteiger partial charge on any atom is -0.437 e. The SMILES string of the molecule is CC.Cc1c(Oc2ncnc3c(C=O)csc23)cccc1-c1ccccc1. The van der Waals surface area contributed by atoms with Crippen LogP contribution in [0.4, 0.5) is 0 Å². The zero-order valence-corrected chi connectivity index (χ0v) is 16.3. The zero-order chi connectivity index (χ0) is 19.2. The molecule has 0 aliphatic heterocycles. The Balaban J connectivity index is 0.00000102. The van der Waals surface area contributed by atoms with Gasteiger partial charge in [0.1, 0.15) is 16.8 Å². The van der Waals surface area contributed by atoms with Crippen LogP contribution in [-0.2, 0) is 0 Å². The molecule has 0 saturated heterocycles. The summed E-state index contributed by atoms with van der Waals surface area (Å²) < 4.78 is 6.86. The molecule has 2 aromatic carbocycles. The largest absolute Gasteiger partial charge is 0.437 e. The van der Waals surface area contributed by atoms with E-state index in [1.54, 1.807) is 5.38 Å². The minimum atomic E-state index is 0.469. The van der Waals surface area contributed by atoms with Crippen molar-refractivity contribution >= 4 is 27.8 Å². The topological polar surface area (TPSA) is 52.1 Å². The second kappa shape index (κ2) is 8.56. The molecule has 4 nitrogen and oxygen atoms in total. The molecule has 0 unspecified atom stereocenters. The van der Waals surface area contributed by atoms with E-state index >= 15 is 0 Å². The third-order valence-electron chi connectivity index (χ3n) is 4.05. The van der Waals surface area contributed by atoms with Gasteiger partial charge < -0.3 is 4.74 Å². The van der Waals surface area contributed by atoms with E-state index in [0.717, 1.165) is 33.4 Å². The van der Waals surface area contributed by atoms with Crippen molar-refractivity contribution in [2.24, 2.45) is 0 Å². The number of thiophene rings is 1. The Morgan fingerprint density at radius 2 is 1.78 bits per heavy atom. The number of aldehydes is 1. The second-order valence-electron chi connectivity index (χ2n) is 5.56. The van der Waals surface area contributed by atoms with Gasteiger partial charge in [-0.15, -0.1) is 11.3 Å². The fourth-order valence-corrected chi connectivity index (χ4v) is 3.65. The molecule has 4 rings (SSSR count). The second-order valence-corrected chi connectivity index (χ2v) is 6.44. The third kappa shape index (κ3) is 3.73. The van der Waals surface area contributed by atoms with Gasteiger partial charge in [0.2, 0.25) is 5.88 Å². The molecule has 5 heteroatoms. The molecular weight excluding hydrogens is 356 g/mol. The van der Waals surface area contributed by atoms with Crippen molar-refractivity contribution in [1.82, 2.24) is 9.97 Å². The van der Waals surface area contributed by atoms with Crippen LogP contribution in [0.15, 0.2) is 60.2 Å². The number of fused-ring (bicyclic) bond motifs is 1. The predicted molar refractivity (Wildman–Crippen MR) is 111 cm³/mol. The van der Waals surface area contributed by atoms with Crippen molar-refractivity contribution in [3.8, 4) is 22.8 Å². The first kappa shape index (κ1) is 18.7. The van der Waals surface area contributed by atoms with Crippen LogP contribution in [0.1, 0.15) is 29.8 Å². The van der Waals surface area contributed by atoms with Crippen molar-refractivity contribution in [2.45, 2.75) is 20.8 Å². The molecule has 4 aromatic rings. The highest BCUT2D eigenvalue weighted by Gasteiger charge is 2.14. The average molecular weight is 376 g/mol. The highest BCUT2D eigenvalue weighted by atomic mass is 32.1. The van der Waals surface area contributed by atoms with Crippen molar-refractivity contribution in [3.05, 3.63) is 71.4 Å². The van der Waals surface area contributed by atoms with Crippen molar-refractivity contribution in [3.63, 3.8) is 0 Å². The predicted octanol–water partition coefficient (Wildman–Crippen LogP) is 6.30. The van der Waals surface area contributed by atoms with E-state index in [0.29, 0.717) is 17.0 Å². The number of benzene rings is 2. The molecule has 0 radical (unpaired) electrons. The third-order valence-corrected chi connectivity index (χ3v) is 5.03. The Labute approximate surface area is 162 Å². The Morgan fingerprint density at radius 1 is 1.00 bits per heavy atom. The first-order valence-electron chi connectivity index (χ1n) is 8.78. The number of aromatic nitrogens is 2. The van der Waals surface area contributed by atoms with Crippen LogP contribution in [0.2, 0.25) is 0 Å². The molecule has 0 fully saturated rings. The van der Waals surface area contributed by atoms with E-state index in [4.69, 9.17) is 4.74 Å². The lowest BCUT2D eigenvalue weighted by Crippen LogP contribution is -1.94. The molecule has 136 valence electrons. The first-order valence-corrected chi connectivity index (χ1v) is 9.66. The number of carbonyl (C=O) groups is 1. The van der Waals surface area contributed by atoms with Crippen molar-refractivity contribution in [2.75, 3.05) is 0 Å². The highest BCUT2D eigenvalue weighted by molar-refractivity contribution is 7.17. The molecule has 0 atom stereocenters. The fourth-order valence-electron chi connectivity index (χ4n) is 2.76. The molecule has 0 saturated carbocycles. The van der Waals surface area contributed by atoms with Crippen LogP contribution < -0.4 is 4.74 Å². The van der Waals surface area contributed by atoms with E-state index in [2.05, 4.69) is 28.2 Å². The molecule has 0 aliphatic rings. The van der Waals surface area contributed by atoms with Crippen LogP contribution in [0.5, 0.6) is 11.6 Å². The monoisotopic (exact) mass is 376 g/mol. The maximum atomic E-state index is 11.1. The van der Waals surface area contributed by atoms with Gasteiger partial charge in [-0.25, -0.2) is 9.97 Å². The summed E-state index contributed by atoms with van der Waals surface area (Å²) >= 11 is 1.41. The standard InChI is InChI=1S/C20H14N2O2S.C2H6/c1-13-16(14-6-3-2-4-7-14)8-5-9-17(13)24-20-19-18(21-12-22-20)15(10-23)11-25-19;1-2/h2-12H,1H3;1-2H3. The van der Waals surface area contributed by atoms with E-state index < -0.39 is 0 Å². The highest BCUT2D eigenvalue weighted by Crippen LogP contribution is 2.36. The normalized spacial score (nSPS) is 10.2. The lowest BCUT2D eigenvalue weighted by molar-refractivity contribution is 0.112. The van der Waals surface area contributed by atoms with Gasteiger partial charge in [0, 0.05) is 5.38 Å². The average Bonchev–Trinajstić information content (AvgIpc) is 3.16. The van der Waals surface area contributed by atoms with Gasteiger partial charge in [-0.2, -0.15) is 0 Å². The fraction of sp³-hybridized carbons (Fsp3) is 0.136. The van der Waals surface area contributed by atoms with Gasteiger partial charge in [-0.3, -0.25) is 4.79 Å². The van der Waals surface area contributed by atoms with Crippen molar-refractivity contribution < 1.29 is 9.53 Å². The zero-order valence-electron chi connectivity index (χ0n) is 15.5. The van der Waals surface area contributed by atoms with Gasteiger partial charge >= 0.3 is 0 Å². The number of ether oxygens (including phenoxy) is 1. The lowest BCUT2D eigenvalue weighted by Gasteiger charge is -2.12. The number of carbonyl (C=O) groups excluding carboxylic acids is 1. The Bertz CT molecular complexity index is 1060. The van der Waals surface area contributed by atoms with Gasteiger partial charge in [0.15, 0.2) is 6.29 Å². The number of rotatable bonds is 4. The number of nitrogens with zero attached hydrogens (tertiary/aromatic N) is 2. The van der Waals surface area contributed by atoms with Crippen LogP contribution in [0.25, 0.3) is 21.3 Å². The van der Waals surface area contributed by atoms with Gasteiger partial charge in [-0.05, 0) is 29.7 Å². The Kier molecular flexibility index (Phi) is 5.94. The van der Waals surface area contributed by atoms with Crippen LogP contribution >= 0.6 is 11.3 Å². The Morgan fingerprint density at radius 3 is 2.52 bits per heavy atom. The van der Waals surface area contributed by atoms with E-state index in [9.17, 15) is 4.79 Å². The van der Waals surface area contributed by atoms with Crippen LogP contribution in [0, 0.1) is 6.92 Å². The number of hydrogen-bond donors (Lipinski definition) is 0. The van der Waals surface area contributed by atoms with Gasteiger partial charge in [0.05, 0.1) is 11.1 Å². The first-order chi connectivity index (χ1) is 13.3. The summed E-state index contributed by atoms with van der Waals surface area (Å²) in [6.45, 7) is 6.03. The molecule has 0 N–H and O–H groups in total. The maximum absolute atomic E-state index is 11.1. The molecule has 2 heterocycles. The molecule has 2 aromatic heterocycles. The lowest BCUT2D eigenvalue weighted by atomic mass is 10.00.